The Kier molecular flexibility index (Phi) is 4.56. The van der Waals surface area contributed by atoms with Crippen LogP contribution in [0.1, 0.15) is 40.0 Å². The van der Waals surface area contributed by atoms with Crippen LogP contribution in [0.2, 0.25) is 0 Å². The van der Waals surface area contributed by atoms with Crippen molar-refractivity contribution < 1.29 is 5.11 Å². The molecule has 1 unspecified atom stereocenters. The number of β-amino-alcohol motifs (C(OH)–C–C–N with tert-alkyl or cyclic N) is 1. The van der Waals surface area contributed by atoms with E-state index in [4.69, 9.17) is 0 Å². The van der Waals surface area contributed by atoms with Crippen molar-refractivity contribution >= 4 is 0 Å². The highest BCUT2D eigenvalue weighted by Gasteiger charge is 2.25. The van der Waals surface area contributed by atoms with Gasteiger partial charge in [0.15, 0.2) is 0 Å². The zero-order valence-electron chi connectivity index (χ0n) is 10.6. The number of likely N-dealkylation sites (N-methyl/N-ethyl adjacent to an activating group) is 1. The molecule has 0 bridgehead atoms. The molecule has 0 aromatic heterocycles. The standard InChI is InChI=1S/C12H26N2O/c1-5-12(2,3)14(4)9-11(15)8-13-10-6-7-10/h10-11,13,15H,5-9H2,1-4H3. The molecule has 0 aromatic carbocycles. The first-order chi connectivity index (χ1) is 6.95. The second-order valence-electron chi connectivity index (χ2n) is 5.38. The van der Waals surface area contributed by atoms with Crippen LogP contribution in [0.15, 0.2) is 0 Å². The minimum absolute atomic E-state index is 0.181. The van der Waals surface area contributed by atoms with Gasteiger partial charge in [-0.15, -0.1) is 0 Å². The average molecular weight is 214 g/mol. The SMILES string of the molecule is CCC(C)(C)N(C)CC(O)CNC1CC1. The Bertz CT molecular complexity index is 190. The van der Waals surface area contributed by atoms with Crippen LogP contribution in [0, 0.1) is 0 Å². The minimum atomic E-state index is -0.249. The number of nitrogens with zero attached hydrogens (tertiary/aromatic N) is 1. The summed E-state index contributed by atoms with van der Waals surface area (Å²) in [6.07, 6.45) is 3.42. The molecule has 1 aliphatic carbocycles. The van der Waals surface area contributed by atoms with Crippen LogP contribution in [0.4, 0.5) is 0 Å². The van der Waals surface area contributed by atoms with Crippen LogP contribution in [-0.2, 0) is 0 Å². The van der Waals surface area contributed by atoms with Crippen LogP contribution in [0.3, 0.4) is 0 Å². The topological polar surface area (TPSA) is 35.5 Å². The van der Waals surface area contributed by atoms with Crippen molar-refractivity contribution in [3.8, 4) is 0 Å². The molecule has 0 aliphatic heterocycles. The molecular formula is C12H26N2O. The zero-order chi connectivity index (χ0) is 11.5. The molecule has 1 aliphatic rings. The number of aliphatic hydroxyl groups is 1. The van der Waals surface area contributed by atoms with E-state index in [0.29, 0.717) is 6.04 Å². The van der Waals surface area contributed by atoms with Gasteiger partial charge in [-0.2, -0.15) is 0 Å². The second kappa shape index (κ2) is 5.28. The lowest BCUT2D eigenvalue weighted by atomic mass is 9.99. The third-order valence-electron chi connectivity index (χ3n) is 3.60. The van der Waals surface area contributed by atoms with E-state index in [1.54, 1.807) is 0 Å². The average Bonchev–Trinajstić information content (AvgIpc) is 2.98. The van der Waals surface area contributed by atoms with Crippen LogP contribution < -0.4 is 5.32 Å². The maximum Gasteiger partial charge on any atom is 0.0791 e. The van der Waals surface area contributed by atoms with E-state index in [2.05, 4.69) is 38.0 Å². The summed E-state index contributed by atoms with van der Waals surface area (Å²) in [4.78, 5) is 2.24. The molecule has 0 heterocycles. The van der Waals surface area contributed by atoms with Gasteiger partial charge >= 0.3 is 0 Å². The Morgan fingerprint density at radius 1 is 1.47 bits per heavy atom. The predicted octanol–water partition coefficient (Wildman–Crippen LogP) is 1.22. The first-order valence-electron chi connectivity index (χ1n) is 6.08. The van der Waals surface area contributed by atoms with E-state index in [1.165, 1.54) is 12.8 Å². The van der Waals surface area contributed by atoms with Gasteiger partial charge < -0.3 is 10.4 Å². The van der Waals surface area contributed by atoms with Crippen molar-refractivity contribution in [3.63, 3.8) is 0 Å². The molecule has 1 fully saturated rings. The summed E-state index contributed by atoms with van der Waals surface area (Å²) in [7, 11) is 2.09. The van der Waals surface area contributed by atoms with Crippen LogP contribution in [-0.4, -0.2) is 47.8 Å². The Hall–Kier alpha value is -0.120. The molecule has 3 heteroatoms. The van der Waals surface area contributed by atoms with Gasteiger partial charge in [-0.05, 0) is 40.2 Å². The van der Waals surface area contributed by atoms with Crippen molar-refractivity contribution in [2.24, 2.45) is 0 Å². The lowest BCUT2D eigenvalue weighted by Crippen LogP contribution is -2.46. The normalized spacial score (nSPS) is 19.6. The van der Waals surface area contributed by atoms with E-state index >= 15 is 0 Å². The molecule has 0 spiro atoms. The molecule has 1 saturated carbocycles. The van der Waals surface area contributed by atoms with Crippen molar-refractivity contribution in [1.82, 2.24) is 10.2 Å². The largest absolute Gasteiger partial charge is 0.390 e. The van der Waals surface area contributed by atoms with E-state index in [9.17, 15) is 5.11 Å². The van der Waals surface area contributed by atoms with Gasteiger partial charge in [0.1, 0.15) is 0 Å². The van der Waals surface area contributed by atoms with Gasteiger partial charge in [0.25, 0.3) is 0 Å². The monoisotopic (exact) mass is 214 g/mol. The summed E-state index contributed by atoms with van der Waals surface area (Å²) < 4.78 is 0. The highest BCUT2D eigenvalue weighted by atomic mass is 16.3. The van der Waals surface area contributed by atoms with Crippen LogP contribution >= 0.6 is 0 Å². The number of rotatable bonds is 7. The highest BCUT2D eigenvalue weighted by molar-refractivity contribution is 4.84. The fraction of sp³-hybridized carbons (Fsp3) is 1.00. The van der Waals surface area contributed by atoms with E-state index in [1.807, 2.05) is 0 Å². The third-order valence-corrected chi connectivity index (χ3v) is 3.60. The molecular weight excluding hydrogens is 188 g/mol. The first kappa shape index (κ1) is 12.9. The van der Waals surface area contributed by atoms with Gasteiger partial charge in [-0.3, -0.25) is 4.90 Å². The Morgan fingerprint density at radius 2 is 2.07 bits per heavy atom. The maximum atomic E-state index is 9.85. The van der Waals surface area contributed by atoms with Gasteiger partial charge in [-0.25, -0.2) is 0 Å². The minimum Gasteiger partial charge on any atom is -0.390 e. The molecule has 0 radical (unpaired) electrons. The smallest absolute Gasteiger partial charge is 0.0791 e. The van der Waals surface area contributed by atoms with Crippen molar-refractivity contribution in [2.45, 2.75) is 57.7 Å². The van der Waals surface area contributed by atoms with Crippen molar-refractivity contribution in [2.75, 3.05) is 20.1 Å². The summed E-state index contributed by atoms with van der Waals surface area (Å²) in [6.45, 7) is 8.10. The van der Waals surface area contributed by atoms with E-state index in [0.717, 1.165) is 19.5 Å². The highest BCUT2D eigenvalue weighted by Crippen LogP contribution is 2.19. The number of hydrogen-bond donors (Lipinski definition) is 2. The summed E-state index contributed by atoms with van der Waals surface area (Å²) in [5.74, 6) is 0. The lowest BCUT2D eigenvalue weighted by molar-refractivity contribution is 0.0685. The van der Waals surface area contributed by atoms with Crippen molar-refractivity contribution in [1.29, 1.82) is 0 Å². The molecule has 1 rings (SSSR count). The number of aliphatic hydroxyl groups excluding tert-OH is 1. The Labute approximate surface area is 93.9 Å². The summed E-state index contributed by atoms with van der Waals surface area (Å²) in [6, 6.07) is 0.684. The molecule has 1 atom stereocenters. The number of nitrogens with one attached hydrogen (secondary N) is 1. The molecule has 0 saturated heterocycles. The third kappa shape index (κ3) is 4.49. The molecule has 2 N–H and O–H groups in total. The predicted molar refractivity (Wildman–Crippen MR) is 64.0 cm³/mol. The molecule has 90 valence electrons. The fourth-order valence-corrected chi connectivity index (χ4v) is 1.49. The lowest BCUT2D eigenvalue weighted by Gasteiger charge is -2.36. The summed E-state index contributed by atoms with van der Waals surface area (Å²) >= 11 is 0. The number of hydrogen-bond acceptors (Lipinski definition) is 3. The maximum absolute atomic E-state index is 9.85. The van der Waals surface area contributed by atoms with E-state index < -0.39 is 0 Å². The Morgan fingerprint density at radius 3 is 2.53 bits per heavy atom. The van der Waals surface area contributed by atoms with Gasteiger partial charge in [0.05, 0.1) is 6.10 Å². The van der Waals surface area contributed by atoms with Crippen molar-refractivity contribution in [3.05, 3.63) is 0 Å². The van der Waals surface area contributed by atoms with Gasteiger partial charge in [0, 0.05) is 24.7 Å². The Balaban J connectivity index is 2.19. The molecule has 15 heavy (non-hydrogen) atoms. The van der Waals surface area contributed by atoms with Gasteiger partial charge in [0.2, 0.25) is 0 Å². The second-order valence-corrected chi connectivity index (χ2v) is 5.38. The first-order valence-corrected chi connectivity index (χ1v) is 6.08. The van der Waals surface area contributed by atoms with Gasteiger partial charge in [-0.1, -0.05) is 6.92 Å². The fourth-order valence-electron chi connectivity index (χ4n) is 1.49. The zero-order valence-corrected chi connectivity index (χ0v) is 10.6. The molecule has 3 nitrogen and oxygen atoms in total. The summed E-state index contributed by atoms with van der Waals surface area (Å²) in [5, 5.41) is 13.2. The van der Waals surface area contributed by atoms with E-state index in [-0.39, 0.29) is 11.6 Å². The quantitative estimate of drug-likeness (QED) is 0.669. The molecule has 0 amide bonds. The molecule has 0 aromatic rings. The van der Waals surface area contributed by atoms with Crippen LogP contribution in [0.5, 0.6) is 0 Å². The summed E-state index contributed by atoms with van der Waals surface area (Å²) in [5.41, 5.74) is 0.181. The van der Waals surface area contributed by atoms with Crippen LogP contribution in [0.25, 0.3) is 0 Å².